The van der Waals surface area contributed by atoms with Gasteiger partial charge in [0.05, 0.1) is 16.4 Å². The van der Waals surface area contributed by atoms with Crippen molar-refractivity contribution in [3.05, 3.63) is 16.4 Å². The van der Waals surface area contributed by atoms with Crippen LogP contribution in [0.5, 0.6) is 0 Å². The van der Waals surface area contributed by atoms with Crippen molar-refractivity contribution in [3.8, 4) is 0 Å². The van der Waals surface area contributed by atoms with Gasteiger partial charge in [-0.1, -0.05) is 29.8 Å². The minimum atomic E-state index is 0.106. The summed E-state index contributed by atoms with van der Waals surface area (Å²) in [6.07, 6.45) is 1.78. The van der Waals surface area contributed by atoms with Crippen molar-refractivity contribution in [3.63, 3.8) is 0 Å². The lowest BCUT2D eigenvalue weighted by Gasteiger charge is -2.19. The van der Waals surface area contributed by atoms with E-state index in [4.69, 9.17) is 0 Å². The molecule has 1 aromatic heterocycles. The van der Waals surface area contributed by atoms with Crippen LogP contribution in [0.25, 0.3) is 0 Å². The second kappa shape index (κ2) is 3.27. The van der Waals surface area contributed by atoms with Crippen LogP contribution in [0.2, 0.25) is 0 Å². The van der Waals surface area contributed by atoms with E-state index in [9.17, 15) is 0 Å². The Morgan fingerprint density at radius 1 is 1.64 bits per heavy atom. The van der Waals surface area contributed by atoms with Crippen molar-refractivity contribution < 1.29 is 0 Å². The lowest BCUT2D eigenvalue weighted by Crippen LogP contribution is -2.19. The van der Waals surface area contributed by atoms with Crippen molar-refractivity contribution in [2.75, 3.05) is 5.33 Å². The Kier molecular flexibility index (Phi) is 2.75. The highest BCUT2D eigenvalue weighted by molar-refractivity contribution is 9.10. The van der Waals surface area contributed by atoms with E-state index >= 15 is 0 Å². The fourth-order valence-corrected chi connectivity index (χ4v) is 1.82. The maximum Gasteiger partial charge on any atom is 0.0632 e. The van der Waals surface area contributed by atoms with E-state index in [-0.39, 0.29) is 5.41 Å². The molecule has 2 nitrogen and oxygen atoms in total. The lowest BCUT2D eigenvalue weighted by atomic mass is 9.92. The maximum absolute atomic E-state index is 3.94. The van der Waals surface area contributed by atoms with Gasteiger partial charge in [0.2, 0.25) is 0 Å². The van der Waals surface area contributed by atoms with Gasteiger partial charge < -0.3 is 0 Å². The number of hydrogen-bond acceptors (Lipinski definition) is 1. The van der Waals surface area contributed by atoms with E-state index in [2.05, 4.69) is 55.9 Å². The molecule has 0 atom stereocenters. The summed E-state index contributed by atoms with van der Waals surface area (Å²) in [5, 5.41) is 7.83. The molecule has 0 aliphatic carbocycles. The average molecular weight is 282 g/mol. The Labute approximate surface area is 83.0 Å². The quantitative estimate of drug-likeness (QED) is 0.830. The molecule has 0 radical (unpaired) electrons. The molecule has 11 heavy (non-hydrogen) atoms. The van der Waals surface area contributed by atoms with Crippen molar-refractivity contribution in [2.24, 2.45) is 0 Å². The van der Waals surface area contributed by atoms with Gasteiger partial charge in [0, 0.05) is 10.7 Å². The first kappa shape index (κ1) is 9.26. The Morgan fingerprint density at radius 2 is 2.27 bits per heavy atom. The first-order chi connectivity index (χ1) is 5.08. The van der Waals surface area contributed by atoms with E-state index in [0.717, 1.165) is 15.5 Å². The molecular formula is C7H10Br2N2. The van der Waals surface area contributed by atoms with Crippen LogP contribution < -0.4 is 0 Å². The zero-order chi connectivity index (χ0) is 8.48. The van der Waals surface area contributed by atoms with E-state index in [1.54, 1.807) is 6.20 Å². The molecule has 4 heteroatoms. The topological polar surface area (TPSA) is 28.7 Å². The first-order valence-corrected chi connectivity index (χ1v) is 5.24. The van der Waals surface area contributed by atoms with Crippen LogP contribution in [0, 0.1) is 0 Å². The highest BCUT2D eigenvalue weighted by Crippen LogP contribution is 2.29. The maximum atomic E-state index is 3.94. The molecule has 0 aliphatic heterocycles. The first-order valence-electron chi connectivity index (χ1n) is 3.33. The minimum absolute atomic E-state index is 0.106. The van der Waals surface area contributed by atoms with Gasteiger partial charge in [-0.15, -0.1) is 0 Å². The van der Waals surface area contributed by atoms with Crippen LogP contribution in [0.3, 0.4) is 0 Å². The molecule has 1 N–H and O–H groups in total. The second-order valence-electron chi connectivity index (χ2n) is 3.11. The normalized spacial score (nSPS) is 12.0. The molecule has 0 unspecified atom stereocenters. The summed E-state index contributed by atoms with van der Waals surface area (Å²) in [4.78, 5) is 0. The van der Waals surface area contributed by atoms with E-state index in [0.29, 0.717) is 0 Å². The third-order valence-corrected chi connectivity index (χ3v) is 3.61. The van der Waals surface area contributed by atoms with Gasteiger partial charge in [-0.3, -0.25) is 5.10 Å². The molecule has 0 bridgehead atoms. The summed E-state index contributed by atoms with van der Waals surface area (Å²) in [6.45, 7) is 4.31. The zero-order valence-electron chi connectivity index (χ0n) is 6.49. The summed E-state index contributed by atoms with van der Waals surface area (Å²) in [5.74, 6) is 0. The van der Waals surface area contributed by atoms with Gasteiger partial charge in [0.25, 0.3) is 0 Å². The van der Waals surface area contributed by atoms with Crippen LogP contribution in [-0.4, -0.2) is 15.5 Å². The molecule has 0 aromatic carbocycles. The van der Waals surface area contributed by atoms with Crippen LogP contribution in [0.15, 0.2) is 10.7 Å². The van der Waals surface area contributed by atoms with Crippen LogP contribution >= 0.6 is 31.9 Å². The number of alkyl halides is 1. The third kappa shape index (κ3) is 1.85. The summed E-state index contributed by atoms with van der Waals surface area (Å²) in [6, 6.07) is 0. The van der Waals surface area contributed by atoms with Crippen molar-refractivity contribution >= 4 is 31.9 Å². The number of hydrogen-bond donors (Lipinski definition) is 1. The predicted molar refractivity (Wildman–Crippen MR) is 53.1 cm³/mol. The molecule has 1 aromatic rings. The Bertz CT molecular complexity index is 242. The average Bonchev–Trinajstić information content (AvgIpc) is 2.36. The number of halogens is 2. The van der Waals surface area contributed by atoms with Gasteiger partial charge in [-0.05, 0) is 15.9 Å². The molecule has 0 spiro atoms. The van der Waals surface area contributed by atoms with E-state index in [1.807, 2.05) is 0 Å². The van der Waals surface area contributed by atoms with Gasteiger partial charge in [0.15, 0.2) is 0 Å². The van der Waals surface area contributed by atoms with Crippen molar-refractivity contribution in [2.45, 2.75) is 19.3 Å². The number of nitrogens with one attached hydrogen (secondary N) is 1. The van der Waals surface area contributed by atoms with Crippen LogP contribution in [-0.2, 0) is 5.41 Å². The zero-order valence-corrected chi connectivity index (χ0v) is 9.66. The fourth-order valence-electron chi connectivity index (χ4n) is 0.813. The standard InChI is InChI=1S/C7H10Br2N2/c1-7(2,4-8)6-5(9)3-10-11-6/h3H,4H2,1-2H3,(H,10,11). The van der Waals surface area contributed by atoms with E-state index < -0.39 is 0 Å². The molecular weight excluding hydrogens is 272 g/mol. The van der Waals surface area contributed by atoms with Gasteiger partial charge in [-0.25, -0.2) is 0 Å². The molecule has 0 aliphatic rings. The largest absolute Gasteiger partial charge is 0.281 e. The number of aromatic amines is 1. The molecule has 1 heterocycles. The monoisotopic (exact) mass is 280 g/mol. The molecule has 0 fully saturated rings. The van der Waals surface area contributed by atoms with Crippen LogP contribution in [0.1, 0.15) is 19.5 Å². The summed E-state index contributed by atoms with van der Waals surface area (Å²) in [7, 11) is 0. The van der Waals surface area contributed by atoms with E-state index in [1.165, 1.54) is 0 Å². The molecule has 0 saturated heterocycles. The summed E-state index contributed by atoms with van der Waals surface area (Å²) in [5.41, 5.74) is 1.24. The molecule has 62 valence electrons. The van der Waals surface area contributed by atoms with Gasteiger partial charge in [-0.2, -0.15) is 5.10 Å². The number of rotatable bonds is 2. The van der Waals surface area contributed by atoms with Gasteiger partial charge >= 0.3 is 0 Å². The SMILES string of the molecule is CC(C)(CBr)c1[nH]ncc1Br. The fraction of sp³-hybridized carbons (Fsp3) is 0.571. The van der Waals surface area contributed by atoms with Crippen molar-refractivity contribution in [1.29, 1.82) is 0 Å². The Morgan fingerprint density at radius 3 is 2.64 bits per heavy atom. The Balaban J connectivity index is 3.00. The van der Waals surface area contributed by atoms with Crippen molar-refractivity contribution in [1.82, 2.24) is 10.2 Å². The predicted octanol–water partition coefficient (Wildman–Crippen LogP) is 2.84. The highest BCUT2D eigenvalue weighted by atomic mass is 79.9. The number of nitrogens with zero attached hydrogens (tertiary/aromatic N) is 1. The second-order valence-corrected chi connectivity index (χ2v) is 4.53. The summed E-state index contributed by atoms with van der Waals surface area (Å²) < 4.78 is 1.04. The number of aromatic nitrogens is 2. The number of H-pyrrole nitrogens is 1. The minimum Gasteiger partial charge on any atom is -0.281 e. The molecule has 0 amide bonds. The summed E-state index contributed by atoms with van der Waals surface area (Å²) >= 11 is 6.89. The molecule has 0 saturated carbocycles. The van der Waals surface area contributed by atoms with Crippen LogP contribution in [0.4, 0.5) is 0 Å². The Hall–Kier alpha value is 0.170. The third-order valence-electron chi connectivity index (χ3n) is 1.60. The smallest absolute Gasteiger partial charge is 0.0632 e. The van der Waals surface area contributed by atoms with Gasteiger partial charge in [0.1, 0.15) is 0 Å². The lowest BCUT2D eigenvalue weighted by molar-refractivity contribution is 0.579. The molecule has 1 rings (SSSR count). The highest BCUT2D eigenvalue weighted by Gasteiger charge is 2.23.